The van der Waals surface area contributed by atoms with Crippen molar-refractivity contribution in [1.82, 2.24) is 0 Å². The van der Waals surface area contributed by atoms with Gasteiger partial charge in [0.2, 0.25) is 0 Å². The smallest absolute Gasteiger partial charge is 0.339 e. The summed E-state index contributed by atoms with van der Waals surface area (Å²) in [6.07, 6.45) is -0.158. The molecule has 2 aromatic rings. The Kier molecular flexibility index (Phi) is 6.77. The molecule has 0 spiro atoms. The zero-order valence-corrected chi connectivity index (χ0v) is 15.1. The Morgan fingerprint density at radius 1 is 1.04 bits per heavy atom. The summed E-state index contributed by atoms with van der Waals surface area (Å²) in [4.78, 5) is 36.6. The lowest BCUT2D eigenvalue weighted by atomic mass is 9.99. The van der Waals surface area contributed by atoms with Crippen LogP contribution in [0.2, 0.25) is 0 Å². The van der Waals surface area contributed by atoms with E-state index in [-0.39, 0.29) is 25.2 Å². The van der Waals surface area contributed by atoms with Crippen molar-refractivity contribution < 1.29 is 28.2 Å². The van der Waals surface area contributed by atoms with Crippen LogP contribution in [0, 0.1) is 5.92 Å². The predicted molar refractivity (Wildman–Crippen MR) is 94.1 cm³/mol. The molecular weight excluding hydrogens is 340 g/mol. The van der Waals surface area contributed by atoms with Crippen molar-refractivity contribution in [2.24, 2.45) is 5.92 Å². The van der Waals surface area contributed by atoms with E-state index in [2.05, 4.69) is 0 Å². The summed E-state index contributed by atoms with van der Waals surface area (Å²) in [7, 11) is 0. The van der Waals surface area contributed by atoms with Gasteiger partial charge in [-0.25, -0.2) is 4.79 Å². The number of hydrogen-bond acceptors (Lipinski definition) is 7. The second kappa shape index (κ2) is 9.03. The standard InChI is InChI=1S/C19H22O7/c1-4-23-15-9-7-8-12-10-13(17(20)26-16(12)15)11-14(18(21)24-5-2)19(22)25-6-3/h7-10,14H,4-6,11H2,1-3H3. The largest absolute Gasteiger partial charge is 0.490 e. The molecule has 140 valence electrons. The number of benzene rings is 1. The monoisotopic (exact) mass is 362 g/mol. The van der Waals surface area contributed by atoms with Crippen LogP contribution in [0.4, 0.5) is 0 Å². The molecule has 7 heteroatoms. The summed E-state index contributed by atoms with van der Waals surface area (Å²) in [5, 5.41) is 0.636. The summed E-state index contributed by atoms with van der Waals surface area (Å²) in [5.41, 5.74) is -0.118. The fraction of sp³-hybridized carbons (Fsp3) is 0.421. The molecule has 0 amide bonds. The van der Waals surface area contributed by atoms with Gasteiger partial charge in [0.25, 0.3) is 0 Å². The maximum Gasteiger partial charge on any atom is 0.339 e. The highest BCUT2D eigenvalue weighted by atomic mass is 16.6. The third-order valence-electron chi connectivity index (χ3n) is 3.66. The summed E-state index contributed by atoms with van der Waals surface area (Å²) < 4.78 is 20.7. The highest BCUT2D eigenvalue weighted by molar-refractivity contribution is 5.95. The molecule has 2 rings (SSSR count). The van der Waals surface area contributed by atoms with Gasteiger partial charge in [0.1, 0.15) is 0 Å². The molecular formula is C19H22O7. The van der Waals surface area contributed by atoms with Crippen molar-refractivity contribution in [2.45, 2.75) is 27.2 Å². The van der Waals surface area contributed by atoms with E-state index in [1.807, 2.05) is 6.92 Å². The van der Waals surface area contributed by atoms with Gasteiger partial charge in [-0.1, -0.05) is 12.1 Å². The van der Waals surface area contributed by atoms with Crippen molar-refractivity contribution in [3.8, 4) is 5.75 Å². The molecule has 0 N–H and O–H groups in total. The molecule has 0 radical (unpaired) electrons. The lowest BCUT2D eigenvalue weighted by Gasteiger charge is -2.14. The molecule has 0 aliphatic heterocycles. The minimum Gasteiger partial charge on any atom is -0.490 e. The fourth-order valence-electron chi connectivity index (χ4n) is 2.54. The van der Waals surface area contributed by atoms with Gasteiger partial charge in [-0.2, -0.15) is 0 Å². The van der Waals surface area contributed by atoms with Crippen LogP contribution in [0.25, 0.3) is 11.0 Å². The average Bonchev–Trinajstić information content (AvgIpc) is 2.61. The molecule has 0 aliphatic carbocycles. The molecule has 0 saturated carbocycles. The highest BCUT2D eigenvalue weighted by Crippen LogP contribution is 2.25. The molecule has 0 bridgehead atoms. The van der Waals surface area contributed by atoms with E-state index in [1.54, 1.807) is 38.1 Å². The number of esters is 2. The summed E-state index contributed by atoms with van der Waals surface area (Å²) in [6.45, 7) is 5.78. The number of fused-ring (bicyclic) bond motifs is 1. The van der Waals surface area contributed by atoms with Crippen molar-refractivity contribution in [1.29, 1.82) is 0 Å². The quantitative estimate of drug-likeness (QED) is 0.405. The molecule has 7 nitrogen and oxygen atoms in total. The maximum atomic E-state index is 12.4. The lowest BCUT2D eigenvalue weighted by molar-refractivity contribution is -0.161. The summed E-state index contributed by atoms with van der Waals surface area (Å²) >= 11 is 0. The lowest BCUT2D eigenvalue weighted by Crippen LogP contribution is -2.31. The van der Waals surface area contributed by atoms with E-state index in [1.165, 1.54) is 0 Å². The topological polar surface area (TPSA) is 92.0 Å². The van der Waals surface area contributed by atoms with E-state index in [9.17, 15) is 14.4 Å². The third kappa shape index (κ3) is 4.41. The van der Waals surface area contributed by atoms with Crippen LogP contribution < -0.4 is 10.4 Å². The van der Waals surface area contributed by atoms with Gasteiger partial charge in [0, 0.05) is 17.4 Å². The average molecular weight is 362 g/mol. The Labute approximate surface area is 150 Å². The van der Waals surface area contributed by atoms with Gasteiger partial charge in [-0.3, -0.25) is 9.59 Å². The van der Waals surface area contributed by atoms with Gasteiger partial charge in [-0.05, 0) is 32.9 Å². The number of hydrogen-bond donors (Lipinski definition) is 0. The van der Waals surface area contributed by atoms with E-state index >= 15 is 0 Å². The SMILES string of the molecule is CCOC(=O)C(Cc1cc2cccc(OCC)c2oc1=O)C(=O)OCC. The van der Waals surface area contributed by atoms with E-state index in [0.717, 1.165) is 0 Å². The normalized spacial score (nSPS) is 10.8. The molecule has 26 heavy (non-hydrogen) atoms. The van der Waals surface area contributed by atoms with Gasteiger partial charge in [0.05, 0.1) is 19.8 Å². The number of para-hydroxylation sites is 1. The molecule has 1 aromatic heterocycles. The Hall–Kier alpha value is -2.83. The fourth-order valence-corrected chi connectivity index (χ4v) is 2.54. The Morgan fingerprint density at radius 2 is 1.69 bits per heavy atom. The van der Waals surface area contributed by atoms with Crippen molar-refractivity contribution in [3.05, 3.63) is 40.2 Å². The van der Waals surface area contributed by atoms with Gasteiger partial charge in [-0.15, -0.1) is 0 Å². The van der Waals surface area contributed by atoms with Crippen LogP contribution in [0.15, 0.2) is 33.5 Å². The first-order valence-corrected chi connectivity index (χ1v) is 8.53. The second-order valence-electron chi connectivity index (χ2n) is 5.43. The predicted octanol–water partition coefficient (Wildman–Crippen LogP) is 2.48. The zero-order chi connectivity index (χ0) is 19.1. The highest BCUT2D eigenvalue weighted by Gasteiger charge is 2.31. The Bertz CT molecular complexity index is 819. The number of carbonyl (C=O) groups is 2. The van der Waals surface area contributed by atoms with Crippen LogP contribution in [-0.2, 0) is 25.5 Å². The molecule has 1 aromatic carbocycles. The van der Waals surface area contributed by atoms with Crippen LogP contribution in [0.3, 0.4) is 0 Å². The third-order valence-corrected chi connectivity index (χ3v) is 3.66. The van der Waals surface area contributed by atoms with Gasteiger partial charge in [0.15, 0.2) is 17.3 Å². The maximum absolute atomic E-state index is 12.4. The second-order valence-corrected chi connectivity index (χ2v) is 5.43. The van der Waals surface area contributed by atoms with Gasteiger partial charge >= 0.3 is 17.6 Å². The molecule has 0 fully saturated rings. The first kappa shape index (κ1) is 19.5. The van der Waals surface area contributed by atoms with Crippen molar-refractivity contribution >= 4 is 22.9 Å². The molecule has 0 unspecified atom stereocenters. The molecule has 0 atom stereocenters. The molecule has 0 saturated heterocycles. The van der Waals surface area contributed by atoms with Crippen LogP contribution in [0.5, 0.6) is 5.75 Å². The van der Waals surface area contributed by atoms with Crippen LogP contribution in [0.1, 0.15) is 26.3 Å². The van der Waals surface area contributed by atoms with E-state index in [0.29, 0.717) is 23.3 Å². The first-order valence-electron chi connectivity index (χ1n) is 8.53. The van der Waals surface area contributed by atoms with Gasteiger partial charge < -0.3 is 18.6 Å². The first-order chi connectivity index (χ1) is 12.5. The Morgan fingerprint density at radius 3 is 2.27 bits per heavy atom. The van der Waals surface area contributed by atoms with Crippen molar-refractivity contribution in [2.75, 3.05) is 19.8 Å². The minimum absolute atomic E-state index is 0.124. The zero-order valence-electron chi connectivity index (χ0n) is 15.1. The molecule has 0 aliphatic rings. The van der Waals surface area contributed by atoms with E-state index < -0.39 is 23.5 Å². The Balaban J connectivity index is 2.41. The number of ether oxygens (including phenoxy) is 3. The van der Waals surface area contributed by atoms with Crippen LogP contribution >= 0.6 is 0 Å². The summed E-state index contributed by atoms with van der Waals surface area (Å²) in [6, 6.07) is 6.82. The number of carbonyl (C=O) groups excluding carboxylic acids is 2. The van der Waals surface area contributed by atoms with Crippen molar-refractivity contribution in [3.63, 3.8) is 0 Å². The summed E-state index contributed by atoms with van der Waals surface area (Å²) in [5.74, 6) is -2.21. The molecule has 1 heterocycles. The number of rotatable bonds is 8. The van der Waals surface area contributed by atoms with E-state index in [4.69, 9.17) is 18.6 Å². The minimum atomic E-state index is -1.22. The van der Waals surface area contributed by atoms with Crippen LogP contribution in [-0.4, -0.2) is 31.8 Å².